The lowest BCUT2D eigenvalue weighted by Crippen LogP contribution is -2.37. The number of benzene rings is 2. The average molecular weight is 458 g/mol. The standard InChI is InChI=1S/C27H27N3O4/c1-2-25(31)30-14-12-19(13-15-30)16-20-17-24(26(28)32)27(29-18-20)34-23-10-8-22(9-11-23)33-21-6-4-3-5-7-21/h2-11,17-19H,1,12-16H2,(H2,28,32). The number of aromatic nitrogens is 1. The van der Waals surface area contributed by atoms with E-state index in [0.29, 0.717) is 30.5 Å². The molecule has 1 aliphatic heterocycles. The van der Waals surface area contributed by atoms with Crippen LogP contribution in [0.1, 0.15) is 28.8 Å². The van der Waals surface area contributed by atoms with Crippen LogP contribution in [0, 0.1) is 5.92 Å². The summed E-state index contributed by atoms with van der Waals surface area (Å²) in [6.45, 7) is 4.96. The molecule has 7 nitrogen and oxygen atoms in total. The van der Waals surface area contributed by atoms with Crippen LogP contribution in [0.3, 0.4) is 0 Å². The Morgan fingerprint density at radius 2 is 1.62 bits per heavy atom. The van der Waals surface area contributed by atoms with E-state index >= 15 is 0 Å². The molecule has 0 bridgehead atoms. The van der Waals surface area contributed by atoms with Crippen LogP contribution in [0.2, 0.25) is 0 Å². The van der Waals surface area contributed by atoms with Gasteiger partial charge in [0, 0.05) is 19.3 Å². The van der Waals surface area contributed by atoms with Gasteiger partial charge in [-0.25, -0.2) is 4.98 Å². The summed E-state index contributed by atoms with van der Waals surface area (Å²) >= 11 is 0. The Morgan fingerprint density at radius 1 is 1.00 bits per heavy atom. The molecule has 2 N–H and O–H groups in total. The molecule has 0 radical (unpaired) electrons. The van der Waals surface area contributed by atoms with Crippen molar-refractivity contribution in [3.8, 4) is 23.1 Å². The third kappa shape index (κ3) is 5.81. The van der Waals surface area contributed by atoms with E-state index in [1.54, 1.807) is 36.5 Å². The van der Waals surface area contributed by atoms with E-state index in [-0.39, 0.29) is 17.4 Å². The first-order valence-corrected chi connectivity index (χ1v) is 11.2. The zero-order chi connectivity index (χ0) is 23.9. The number of hydrogen-bond donors (Lipinski definition) is 1. The predicted molar refractivity (Wildman–Crippen MR) is 129 cm³/mol. The fourth-order valence-corrected chi connectivity index (χ4v) is 4.00. The highest BCUT2D eigenvalue weighted by Gasteiger charge is 2.22. The SMILES string of the molecule is C=CC(=O)N1CCC(Cc2cnc(Oc3ccc(Oc4ccccc4)cc3)c(C(N)=O)c2)CC1. The maximum atomic E-state index is 12.1. The van der Waals surface area contributed by atoms with Gasteiger partial charge in [-0.3, -0.25) is 9.59 Å². The van der Waals surface area contributed by atoms with E-state index in [1.165, 1.54) is 6.08 Å². The molecule has 0 spiro atoms. The van der Waals surface area contributed by atoms with Crippen molar-refractivity contribution in [1.82, 2.24) is 9.88 Å². The fraction of sp³-hybridized carbons (Fsp3) is 0.222. The van der Waals surface area contributed by atoms with Crippen molar-refractivity contribution < 1.29 is 19.1 Å². The average Bonchev–Trinajstić information content (AvgIpc) is 2.86. The van der Waals surface area contributed by atoms with Gasteiger partial charge in [0.05, 0.1) is 0 Å². The van der Waals surface area contributed by atoms with Crippen molar-refractivity contribution in [2.75, 3.05) is 13.1 Å². The molecular weight excluding hydrogens is 430 g/mol. The van der Waals surface area contributed by atoms with Gasteiger partial charge >= 0.3 is 0 Å². The quantitative estimate of drug-likeness (QED) is 0.494. The number of hydrogen-bond acceptors (Lipinski definition) is 5. The van der Waals surface area contributed by atoms with Gasteiger partial charge in [-0.05, 0) is 79.3 Å². The van der Waals surface area contributed by atoms with E-state index in [1.807, 2.05) is 35.2 Å². The molecular formula is C27H27N3O4. The van der Waals surface area contributed by atoms with Gasteiger partial charge in [-0.1, -0.05) is 24.8 Å². The van der Waals surface area contributed by atoms with Crippen LogP contribution in [-0.2, 0) is 11.2 Å². The zero-order valence-corrected chi connectivity index (χ0v) is 18.9. The molecule has 0 unspecified atom stereocenters. The van der Waals surface area contributed by atoms with Crippen LogP contribution in [0.4, 0.5) is 0 Å². The number of nitrogens with two attached hydrogens (primary N) is 1. The maximum Gasteiger partial charge on any atom is 0.254 e. The maximum absolute atomic E-state index is 12.1. The van der Waals surface area contributed by atoms with E-state index in [9.17, 15) is 9.59 Å². The van der Waals surface area contributed by atoms with Gasteiger partial charge < -0.3 is 20.1 Å². The van der Waals surface area contributed by atoms with Crippen LogP contribution in [0.25, 0.3) is 0 Å². The number of carbonyl (C=O) groups is 2. The highest BCUT2D eigenvalue weighted by atomic mass is 16.5. The highest BCUT2D eigenvalue weighted by Crippen LogP contribution is 2.29. The molecule has 2 heterocycles. The lowest BCUT2D eigenvalue weighted by Gasteiger charge is -2.31. The second kappa shape index (κ2) is 10.7. The Hall–Kier alpha value is -4.13. The number of piperidine rings is 1. The van der Waals surface area contributed by atoms with Crippen molar-refractivity contribution in [2.45, 2.75) is 19.3 Å². The molecule has 0 atom stereocenters. The summed E-state index contributed by atoms with van der Waals surface area (Å²) in [5, 5.41) is 0. The molecule has 1 saturated heterocycles. The number of pyridine rings is 1. The Morgan fingerprint density at radius 3 is 2.24 bits per heavy atom. The van der Waals surface area contributed by atoms with Crippen molar-refractivity contribution in [3.63, 3.8) is 0 Å². The first-order chi connectivity index (χ1) is 16.5. The number of amides is 2. The largest absolute Gasteiger partial charge is 0.457 e. The minimum atomic E-state index is -0.597. The summed E-state index contributed by atoms with van der Waals surface area (Å²) < 4.78 is 11.6. The summed E-state index contributed by atoms with van der Waals surface area (Å²) in [5.74, 6) is 1.86. The molecule has 34 heavy (non-hydrogen) atoms. The normalized spacial score (nSPS) is 13.8. The Labute approximate surface area is 198 Å². The van der Waals surface area contributed by atoms with Crippen LogP contribution >= 0.6 is 0 Å². The van der Waals surface area contributed by atoms with Crippen molar-refractivity contribution in [2.24, 2.45) is 11.7 Å². The smallest absolute Gasteiger partial charge is 0.254 e. The Kier molecular flexibility index (Phi) is 7.22. The van der Waals surface area contributed by atoms with E-state index in [2.05, 4.69) is 11.6 Å². The third-order valence-electron chi connectivity index (χ3n) is 5.82. The fourth-order valence-electron chi connectivity index (χ4n) is 4.00. The number of likely N-dealkylation sites (tertiary alicyclic amines) is 1. The van der Waals surface area contributed by atoms with Gasteiger partial charge in [-0.15, -0.1) is 0 Å². The summed E-state index contributed by atoms with van der Waals surface area (Å²) in [6.07, 6.45) is 5.61. The minimum absolute atomic E-state index is 0.0303. The number of carbonyl (C=O) groups excluding carboxylic acids is 2. The summed E-state index contributed by atoms with van der Waals surface area (Å²) in [5.41, 5.74) is 6.77. The Bertz CT molecular complexity index is 1150. The molecule has 7 heteroatoms. The van der Waals surface area contributed by atoms with E-state index in [4.69, 9.17) is 15.2 Å². The molecule has 174 valence electrons. The summed E-state index contributed by atoms with van der Waals surface area (Å²) in [4.78, 5) is 30.0. The molecule has 3 aromatic rings. The first kappa shape index (κ1) is 23.0. The molecule has 0 saturated carbocycles. The van der Waals surface area contributed by atoms with E-state index < -0.39 is 5.91 Å². The van der Waals surface area contributed by atoms with Crippen molar-refractivity contribution in [1.29, 1.82) is 0 Å². The topological polar surface area (TPSA) is 94.8 Å². The minimum Gasteiger partial charge on any atom is -0.457 e. The van der Waals surface area contributed by atoms with Gasteiger partial charge in [0.15, 0.2) is 0 Å². The zero-order valence-electron chi connectivity index (χ0n) is 18.9. The van der Waals surface area contributed by atoms with Crippen LogP contribution in [-0.4, -0.2) is 34.8 Å². The second-order valence-electron chi connectivity index (χ2n) is 8.23. The summed E-state index contributed by atoms with van der Waals surface area (Å²) in [6, 6.07) is 18.3. The first-order valence-electron chi connectivity index (χ1n) is 11.2. The van der Waals surface area contributed by atoms with Gasteiger partial charge in [0.1, 0.15) is 22.8 Å². The molecule has 1 fully saturated rings. The number of ether oxygens (including phenoxy) is 2. The van der Waals surface area contributed by atoms with E-state index in [0.717, 1.165) is 30.6 Å². The Balaban J connectivity index is 1.40. The van der Waals surface area contributed by atoms with Crippen LogP contribution < -0.4 is 15.2 Å². The number of primary amides is 1. The van der Waals surface area contributed by atoms with Gasteiger partial charge in [-0.2, -0.15) is 0 Å². The molecule has 1 aliphatic rings. The monoisotopic (exact) mass is 457 g/mol. The molecule has 4 rings (SSSR count). The molecule has 2 aromatic carbocycles. The summed E-state index contributed by atoms with van der Waals surface area (Å²) in [7, 11) is 0. The highest BCUT2D eigenvalue weighted by molar-refractivity contribution is 5.95. The number of para-hydroxylation sites is 1. The van der Waals surface area contributed by atoms with Crippen LogP contribution in [0.15, 0.2) is 79.5 Å². The lowest BCUT2D eigenvalue weighted by atomic mass is 9.90. The van der Waals surface area contributed by atoms with Gasteiger partial charge in [0.2, 0.25) is 11.8 Å². The molecule has 0 aliphatic carbocycles. The number of rotatable bonds is 8. The predicted octanol–water partition coefficient (Wildman–Crippen LogP) is 4.73. The molecule has 1 aromatic heterocycles. The van der Waals surface area contributed by atoms with Gasteiger partial charge in [0.25, 0.3) is 5.91 Å². The number of nitrogens with zero attached hydrogens (tertiary/aromatic N) is 2. The lowest BCUT2D eigenvalue weighted by molar-refractivity contribution is -0.127. The van der Waals surface area contributed by atoms with Crippen LogP contribution in [0.5, 0.6) is 23.1 Å². The third-order valence-corrected chi connectivity index (χ3v) is 5.82. The van der Waals surface area contributed by atoms with Crippen molar-refractivity contribution >= 4 is 11.8 Å². The molecule has 2 amide bonds. The van der Waals surface area contributed by atoms with Crippen molar-refractivity contribution in [3.05, 3.63) is 90.6 Å². The second-order valence-corrected chi connectivity index (χ2v) is 8.23.